The Hall–Kier alpha value is -1.36. The summed E-state index contributed by atoms with van der Waals surface area (Å²) in [6.07, 6.45) is -0.969. The normalized spacial score (nSPS) is 12.4. The van der Waals surface area contributed by atoms with Crippen LogP contribution in [0.5, 0.6) is 0 Å². The number of carbonyl (C=O) groups is 1. The van der Waals surface area contributed by atoms with Crippen LogP contribution in [0.25, 0.3) is 0 Å². The number of hydrogen-bond donors (Lipinski definition) is 2. The first-order valence-corrected chi connectivity index (χ1v) is 6.88. The van der Waals surface area contributed by atoms with E-state index in [9.17, 15) is 15.0 Å². The van der Waals surface area contributed by atoms with Crippen LogP contribution in [0.2, 0.25) is 4.34 Å². The Balaban J connectivity index is 2.61. The molecule has 0 spiro atoms. The standard InChI is InChI=1S/C14H13ClO3S/c1-7-3-4-8(2)12(14(17)18)11(7)13(16)9-5-6-10(15)19-9/h3-6,13,16H,1-2H3,(H,17,18). The number of carboxylic acids is 1. The summed E-state index contributed by atoms with van der Waals surface area (Å²) in [6, 6.07) is 6.97. The summed E-state index contributed by atoms with van der Waals surface area (Å²) in [5.74, 6) is -1.03. The van der Waals surface area contributed by atoms with Crippen molar-refractivity contribution in [2.45, 2.75) is 20.0 Å². The molecule has 0 aliphatic heterocycles. The number of halogens is 1. The van der Waals surface area contributed by atoms with Gasteiger partial charge in [-0.15, -0.1) is 11.3 Å². The molecule has 1 unspecified atom stereocenters. The van der Waals surface area contributed by atoms with Crippen LogP contribution in [0.1, 0.15) is 38.0 Å². The van der Waals surface area contributed by atoms with Crippen LogP contribution in [0.3, 0.4) is 0 Å². The highest BCUT2D eigenvalue weighted by atomic mass is 35.5. The van der Waals surface area contributed by atoms with E-state index in [2.05, 4.69) is 0 Å². The SMILES string of the molecule is Cc1ccc(C)c(C(O)c2ccc(Cl)s2)c1C(=O)O. The van der Waals surface area contributed by atoms with Crippen LogP contribution in [0, 0.1) is 13.8 Å². The molecule has 2 N–H and O–H groups in total. The monoisotopic (exact) mass is 296 g/mol. The van der Waals surface area contributed by atoms with Gasteiger partial charge in [0, 0.05) is 10.4 Å². The minimum Gasteiger partial charge on any atom is -0.478 e. The highest BCUT2D eigenvalue weighted by Crippen LogP contribution is 2.35. The third-order valence-electron chi connectivity index (χ3n) is 3.02. The molecule has 5 heteroatoms. The molecule has 2 aromatic rings. The van der Waals surface area contributed by atoms with Crippen molar-refractivity contribution >= 4 is 28.9 Å². The Morgan fingerprint density at radius 2 is 1.84 bits per heavy atom. The third kappa shape index (κ3) is 2.66. The summed E-state index contributed by atoms with van der Waals surface area (Å²) in [7, 11) is 0. The molecular weight excluding hydrogens is 284 g/mol. The van der Waals surface area contributed by atoms with Gasteiger partial charge >= 0.3 is 5.97 Å². The van der Waals surface area contributed by atoms with Gasteiger partial charge < -0.3 is 10.2 Å². The number of rotatable bonds is 3. The highest BCUT2D eigenvalue weighted by molar-refractivity contribution is 7.16. The predicted octanol–water partition coefficient (Wildman–Crippen LogP) is 3.80. The van der Waals surface area contributed by atoms with Crippen LogP contribution in [-0.2, 0) is 0 Å². The van der Waals surface area contributed by atoms with Crippen LogP contribution >= 0.6 is 22.9 Å². The number of aryl methyl sites for hydroxylation is 2. The molecule has 0 radical (unpaired) electrons. The number of thiophene rings is 1. The summed E-state index contributed by atoms with van der Waals surface area (Å²) in [6.45, 7) is 3.51. The summed E-state index contributed by atoms with van der Waals surface area (Å²) in [4.78, 5) is 12.0. The van der Waals surface area contributed by atoms with Crippen molar-refractivity contribution in [3.8, 4) is 0 Å². The predicted molar refractivity (Wildman–Crippen MR) is 76.3 cm³/mol. The van der Waals surface area contributed by atoms with Crippen LogP contribution in [0.15, 0.2) is 24.3 Å². The number of aliphatic hydroxyl groups excluding tert-OH is 1. The van der Waals surface area contributed by atoms with Gasteiger partial charge in [-0.1, -0.05) is 23.7 Å². The third-order valence-corrected chi connectivity index (χ3v) is 4.31. The molecule has 0 saturated carbocycles. The van der Waals surface area contributed by atoms with Crippen molar-refractivity contribution in [1.29, 1.82) is 0 Å². The molecule has 3 nitrogen and oxygen atoms in total. The molecule has 1 aromatic carbocycles. The zero-order valence-electron chi connectivity index (χ0n) is 10.5. The van der Waals surface area contributed by atoms with E-state index in [1.54, 1.807) is 32.0 Å². The highest BCUT2D eigenvalue weighted by Gasteiger charge is 2.23. The van der Waals surface area contributed by atoms with Gasteiger partial charge in [-0.2, -0.15) is 0 Å². The second-order valence-electron chi connectivity index (χ2n) is 4.34. The average molecular weight is 297 g/mol. The molecule has 1 heterocycles. The topological polar surface area (TPSA) is 57.5 Å². The molecule has 100 valence electrons. The van der Waals surface area contributed by atoms with Crippen LogP contribution < -0.4 is 0 Å². The van der Waals surface area contributed by atoms with Gasteiger partial charge in [0.05, 0.1) is 9.90 Å². The molecule has 19 heavy (non-hydrogen) atoms. The lowest BCUT2D eigenvalue weighted by Crippen LogP contribution is -2.11. The smallest absolute Gasteiger partial charge is 0.336 e. The Labute approximate surface area is 120 Å². The van der Waals surface area contributed by atoms with Gasteiger partial charge in [0.1, 0.15) is 6.10 Å². The zero-order valence-corrected chi connectivity index (χ0v) is 12.0. The minimum absolute atomic E-state index is 0.164. The summed E-state index contributed by atoms with van der Waals surface area (Å²) in [5, 5.41) is 19.8. The number of carboxylic acid groups (broad SMARTS) is 1. The minimum atomic E-state index is -1.03. The molecule has 0 saturated heterocycles. The molecule has 1 atom stereocenters. The number of hydrogen-bond acceptors (Lipinski definition) is 3. The fraction of sp³-hybridized carbons (Fsp3) is 0.214. The summed E-state index contributed by atoms with van der Waals surface area (Å²) in [5.41, 5.74) is 1.98. The zero-order chi connectivity index (χ0) is 14.2. The summed E-state index contributed by atoms with van der Waals surface area (Å²) < 4.78 is 0.566. The first-order valence-electron chi connectivity index (χ1n) is 5.68. The Morgan fingerprint density at radius 1 is 1.21 bits per heavy atom. The fourth-order valence-corrected chi connectivity index (χ4v) is 3.14. The lowest BCUT2D eigenvalue weighted by atomic mass is 9.93. The first-order chi connectivity index (χ1) is 8.91. The number of aliphatic hydroxyl groups is 1. The van der Waals surface area contributed by atoms with Gasteiger partial charge in [-0.3, -0.25) is 0 Å². The molecular formula is C14H13ClO3S. The van der Waals surface area contributed by atoms with E-state index in [1.165, 1.54) is 11.3 Å². The summed E-state index contributed by atoms with van der Waals surface area (Å²) >= 11 is 7.10. The maximum atomic E-state index is 11.4. The van der Waals surface area contributed by atoms with Crippen molar-refractivity contribution in [2.75, 3.05) is 0 Å². The molecule has 2 rings (SSSR count). The maximum absolute atomic E-state index is 11.4. The molecule has 1 aromatic heterocycles. The number of benzene rings is 1. The van der Waals surface area contributed by atoms with E-state index in [0.717, 1.165) is 5.56 Å². The van der Waals surface area contributed by atoms with E-state index in [-0.39, 0.29) is 5.56 Å². The van der Waals surface area contributed by atoms with Gasteiger partial charge in [-0.25, -0.2) is 4.79 Å². The Morgan fingerprint density at radius 3 is 2.37 bits per heavy atom. The van der Waals surface area contributed by atoms with Crippen molar-refractivity contribution in [3.05, 3.63) is 55.7 Å². The maximum Gasteiger partial charge on any atom is 0.336 e. The first kappa shape index (κ1) is 14.1. The second-order valence-corrected chi connectivity index (χ2v) is 6.08. The lowest BCUT2D eigenvalue weighted by molar-refractivity contribution is 0.0690. The molecule has 0 fully saturated rings. The molecule has 0 bridgehead atoms. The van der Waals surface area contributed by atoms with E-state index >= 15 is 0 Å². The molecule has 0 aliphatic rings. The van der Waals surface area contributed by atoms with Crippen molar-refractivity contribution in [1.82, 2.24) is 0 Å². The van der Waals surface area contributed by atoms with Crippen molar-refractivity contribution in [3.63, 3.8) is 0 Å². The van der Waals surface area contributed by atoms with Crippen LogP contribution in [-0.4, -0.2) is 16.2 Å². The van der Waals surface area contributed by atoms with Crippen molar-refractivity contribution in [2.24, 2.45) is 0 Å². The van der Waals surface area contributed by atoms with Gasteiger partial charge in [0.2, 0.25) is 0 Å². The van der Waals surface area contributed by atoms with E-state index in [4.69, 9.17) is 11.6 Å². The fourth-order valence-electron chi connectivity index (χ4n) is 2.09. The van der Waals surface area contributed by atoms with Crippen molar-refractivity contribution < 1.29 is 15.0 Å². The van der Waals surface area contributed by atoms with E-state index < -0.39 is 12.1 Å². The molecule has 0 amide bonds. The number of aromatic carboxylic acids is 1. The molecule has 0 aliphatic carbocycles. The Bertz CT molecular complexity index is 634. The van der Waals surface area contributed by atoms with Gasteiger partial charge in [-0.05, 0) is 37.1 Å². The van der Waals surface area contributed by atoms with E-state index in [1.807, 2.05) is 6.07 Å². The van der Waals surface area contributed by atoms with Gasteiger partial charge in [0.25, 0.3) is 0 Å². The van der Waals surface area contributed by atoms with Gasteiger partial charge in [0.15, 0.2) is 0 Å². The average Bonchev–Trinajstić information content (AvgIpc) is 2.77. The second kappa shape index (κ2) is 5.33. The Kier molecular flexibility index (Phi) is 3.94. The largest absolute Gasteiger partial charge is 0.478 e. The quantitative estimate of drug-likeness (QED) is 0.906. The van der Waals surface area contributed by atoms with E-state index in [0.29, 0.717) is 20.3 Å². The van der Waals surface area contributed by atoms with Crippen LogP contribution in [0.4, 0.5) is 0 Å². The lowest BCUT2D eigenvalue weighted by Gasteiger charge is -2.17.